The number of hydrogen-bond donors (Lipinski definition) is 1. The van der Waals surface area contributed by atoms with Gasteiger partial charge in [0.25, 0.3) is 0 Å². The van der Waals surface area contributed by atoms with E-state index in [1.165, 1.54) is 12.1 Å². The topological polar surface area (TPSA) is 43.8 Å². The molecule has 110 valence electrons. The summed E-state index contributed by atoms with van der Waals surface area (Å²) in [7, 11) is 2.05. The van der Waals surface area contributed by atoms with Gasteiger partial charge in [-0.3, -0.25) is 9.69 Å². The fraction of sp³-hybridized carbons (Fsp3) is 0.533. The maximum atomic E-state index is 13.5. The molecule has 0 radical (unpaired) electrons. The molecule has 1 aliphatic rings. The van der Waals surface area contributed by atoms with Crippen LogP contribution in [0.1, 0.15) is 18.9 Å². The molecule has 0 saturated carbocycles. The smallest absolute Gasteiger partial charge is 0.305 e. The van der Waals surface area contributed by atoms with Crippen molar-refractivity contribution in [2.24, 2.45) is 0 Å². The van der Waals surface area contributed by atoms with Crippen LogP contribution in [0.5, 0.6) is 0 Å². The zero-order chi connectivity index (χ0) is 14.8. The fourth-order valence-electron chi connectivity index (χ4n) is 2.81. The molecule has 1 N–H and O–H groups in total. The Morgan fingerprint density at radius 3 is 2.55 bits per heavy atom. The normalized spacial score (nSPS) is 20.6. The summed E-state index contributed by atoms with van der Waals surface area (Å²) in [6, 6.07) is 6.28. The Morgan fingerprint density at radius 1 is 1.35 bits per heavy atom. The number of likely N-dealkylation sites (N-methyl/N-ethyl adjacent to an activating group) is 1. The molecule has 1 aliphatic heterocycles. The average molecular weight is 280 g/mol. The van der Waals surface area contributed by atoms with Crippen LogP contribution in [0.4, 0.5) is 4.39 Å². The van der Waals surface area contributed by atoms with E-state index in [-0.39, 0.29) is 12.2 Å². The first kappa shape index (κ1) is 14.9. The standard InChI is InChI=1S/C15H21FN2O2/c1-15(11-14(19)20,12-4-3-5-13(16)10-12)18-8-6-17(2)7-9-18/h3-5,10H,6-9,11H2,1-2H3,(H,19,20). The minimum Gasteiger partial charge on any atom is -0.481 e. The minimum absolute atomic E-state index is 0.0276. The van der Waals surface area contributed by atoms with Crippen LogP contribution < -0.4 is 0 Å². The van der Waals surface area contributed by atoms with Crippen molar-refractivity contribution in [2.45, 2.75) is 18.9 Å². The lowest BCUT2D eigenvalue weighted by atomic mass is 9.86. The Hall–Kier alpha value is -1.46. The Morgan fingerprint density at radius 2 is 2.00 bits per heavy atom. The van der Waals surface area contributed by atoms with Crippen molar-refractivity contribution in [3.8, 4) is 0 Å². The van der Waals surface area contributed by atoms with Crippen molar-refractivity contribution in [1.29, 1.82) is 0 Å². The van der Waals surface area contributed by atoms with Crippen LogP contribution in [0, 0.1) is 5.82 Å². The van der Waals surface area contributed by atoms with Crippen LogP contribution in [0.25, 0.3) is 0 Å². The van der Waals surface area contributed by atoms with E-state index in [2.05, 4.69) is 9.80 Å². The predicted molar refractivity (Wildman–Crippen MR) is 75.1 cm³/mol. The van der Waals surface area contributed by atoms with Crippen LogP contribution in [-0.4, -0.2) is 54.1 Å². The van der Waals surface area contributed by atoms with Gasteiger partial charge in [0.2, 0.25) is 0 Å². The summed E-state index contributed by atoms with van der Waals surface area (Å²) in [5.41, 5.74) is 0.0549. The molecule has 0 amide bonds. The van der Waals surface area contributed by atoms with Crippen molar-refractivity contribution < 1.29 is 14.3 Å². The van der Waals surface area contributed by atoms with E-state index in [1.54, 1.807) is 6.07 Å². The average Bonchev–Trinajstić information content (AvgIpc) is 2.38. The maximum Gasteiger partial charge on any atom is 0.305 e. The quantitative estimate of drug-likeness (QED) is 0.913. The van der Waals surface area contributed by atoms with Gasteiger partial charge in [-0.1, -0.05) is 12.1 Å². The number of carbonyl (C=O) groups is 1. The highest BCUT2D eigenvalue weighted by Crippen LogP contribution is 2.33. The third kappa shape index (κ3) is 3.16. The molecule has 1 heterocycles. The summed E-state index contributed by atoms with van der Waals surface area (Å²) in [4.78, 5) is 15.6. The summed E-state index contributed by atoms with van der Waals surface area (Å²) in [5, 5.41) is 9.23. The van der Waals surface area contributed by atoms with Gasteiger partial charge in [-0.05, 0) is 31.7 Å². The molecule has 1 atom stereocenters. The molecule has 1 aromatic carbocycles. The lowest BCUT2D eigenvalue weighted by Crippen LogP contribution is -2.54. The number of carboxylic acids is 1. The SMILES string of the molecule is CN1CCN(C(C)(CC(=O)O)c2cccc(F)c2)CC1. The van der Waals surface area contributed by atoms with Crippen LogP contribution in [-0.2, 0) is 10.3 Å². The third-order valence-electron chi connectivity index (χ3n) is 4.14. The van der Waals surface area contributed by atoms with Gasteiger partial charge < -0.3 is 10.0 Å². The highest BCUT2D eigenvalue weighted by atomic mass is 19.1. The predicted octanol–water partition coefficient (Wildman–Crippen LogP) is 1.76. The van der Waals surface area contributed by atoms with Gasteiger partial charge in [-0.15, -0.1) is 0 Å². The number of carboxylic acid groups (broad SMARTS) is 1. The molecule has 0 aromatic heterocycles. The molecule has 20 heavy (non-hydrogen) atoms. The molecule has 4 nitrogen and oxygen atoms in total. The van der Waals surface area contributed by atoms with Gasteiger partial charge in [-0.2, -0.15) is 0 Å². The number of piperazine rings is 1. The number of halogens is 1. The second kappa shape index (κ2) is 5.89. The van der Waals surface area contributed by atoms with Crippen molar-refractivity contribution in [1.82, 2.24) is 9.80 Å². The Labute approximate surface area is 118 Å². The first-order valence-corrected chi connectivity index (χ1v) is 6.83. The Kier molecular flexibility index (Phi) is 4.40. The molecule has 0 aliphatic carbocycles. The molecule has 0 spiro atoms. The third-order valence-corrected chi connectivity index (χ3v) is 4.14. The van der Waals surface area contributed by atoms with Gasteiger partial charge in [0.1, 0.15) is 5.82 Å². The number of aliphatic carboxylic acids is 1. The van der Waals surface area contributed by atoms with E-state index in [1.807, 2.05) is 20.0 Å². The largest absolute Gasteiger partial charge is 0.481 e. The van der Waals surface area contributed by atoms with Crippen molar-refractivity contribution >= 4 is 5.97 Å². The summed E-state index contributed by atoms with van der Waals surface area (Å²) < 4.78 is 13.5. The van der Waals surface area contributed by atoms with E-state index < -0.39 is 11.5 Å². The Bertz CT molecular complexity index is 487. The maximum absolute atomic E-state index is 13.5. The van der Waals surface area contributed by atoms with Gasteiger partial charge in [-0.25, -0.2) is 4.39 Å². The van der Waals surface area contributed by atoms with Crippen LogP contribution in [0.2, 0.25) is 0 Å². The summed E-state index contributed by atoms with van der Waals surface area (Å²) in [6.07, 6.45) is -0.0276. The van der Waals surface area contributed by atoms with Gasteiger partial charge in [0.15, 0.2) is 0 Å². The lowest BCUT2D eigenvalue weighted by molar-refractivity contribution is -0.140. The van der Waals surface area contributed by atoms with Gasteiger partial charge in [0.05, 0.1) is 12.0 Å². The molecule has 1 fully saturated rings. The number of hydrogen-bond acceptors (Lipinski definition) is 3. The summed E-state index contributed by atoms with van der Waals surface area (Å²) in [5.74, 6) is -1.19. The molecule has 1 aromatic rings. The van der Waals surface area contributed by atoms with Gasteiger partial charge in [0, 0.05) is 26.2 Å². The molecular weight excluding hydrogens is 259 g/mol. The molecule has 1 saturated heterocycles. The number of benzene rings is 1. The van der Waals surface area contributed by atoms with Crippen molar-refractivity contribution in [3.63, 3.8) is 0 Å². The van der Waals surface area contributed by atoms with Crippen molar-refractivity contribution in [3.05, 3.63) is 35.6 Å². The van der Waals surface area contributed by atoms with E-state index >= 15 is 0 Å². The molecule has 1 unspecified atom stereocenters. The highest BCUT2D eigenvalue weighted by molar-refractivity contribution is 5.68. The first-order valence-electron chi connectivity index (χ1n) is 6.83. The van der Waals surface area contributed by atoms with Crippen LogP contribution >= 0.6 is 0 Å². The number of rotatable bonds is 4. The molecule has 5 heteroatoms. The molecule has 2 rings (SSSR count). The summed E-state index contributed by atoms with van der Waals surface area (Å²) >= 11 is 0. The first-order chi connectivity index (χ1) is 9.41. The zero-order valence-electron chi connectivity index (χ0n) is 12.0. The second-order valence-electron chi connectivity index (χ2n) is 5.65. The zero-order valence-corrected chi connectivity index (χ0v) is 12.0. The van der Waals surface area contributed by atoms with E-state index in [9.17, 15) is 14.3 Å². The fourth-order valence-corrected chi connectivity index (χ4v) is 2.81. The van der Waals surface area contributed by atoms with E-state index in [4.69, 9.17) is 0 Å². The summed E-state index contributed by atoms with van der Waals surface area (Å²) in [6.45, 7) is 5.25. The van der Waals surface area contributed by atoms with Crippen molar-refractivity contribution in [2.75, 3.05) is 33.2 Å². The monoisotopic (exact) mass is 280 g/mol. The van der Waals surface area contributed by atoms with E-state index in [0.717, 1.165) is 31.7 Å². The lowest BCUT2D eigenvalue weighted by Gasteiger charge is -2.45. The molecule has 0 bridgehead atoms. The second-order valence-corrected chi connectivity index (χ2v) is 5.65. The molecular formula is C15H21FN2O2. The number of nitrogens with zero attached hydrogens (tertiary/aromatic N) is 2. The van der Waals surface area contributed by atoms with E-state index in [0.29, 0.717) is 0 Å². The minimum atomic E-state index is -0.865. The van der Waals surface area contributed by atoms with Crippen LogP contribution in [0.3, 0.4) is 0 Å². The Balaban J connectivity index is 2.32. The highest BCUT2D eigenvalue weighted by Gasteiger charge is 2.37. The van der Waals surface area contributed by atoms with Gasteiger partial charge >= 0.3 is 5.97 Å². The van der Waals surface area contributed by atoms with Crippen LogP contribution in [0.15, 0.2) is 24.3 Å².